The van der Waals surface area contributed by atoms with E-state index in [4.69, 9.17) is 14.5 Å². The third-order valence-corrected chi connectivity index (χ3v) is 6.59. The van der Waals surface area contributed by atoms with Crippen molar-refractivity contribution >= 4 is 28.4 Å². The van der Waals surface area contributed by atoms with Gasteiger partial charge in [-0.05, 0) is 57.5 Å². The summed E-state index contributed by atoms with van der Waals surface area (Å²) in [7, 11) is 5.72. The number of fused-ring (bicyclic) bond motifs is 1. The molecule has 1 aliphatic rings. The van der Waals surface area contributed by atoms with Gasteiger partial charge in [-0.2, -0.15) is 0 Å². The maximum Gasteiger partial charge on any atom is 0.410 e. The molecule has 0 aliphatic carbocycles. The number of hydrogen-bond acceptors (Lipinski definition) is 8. The molecule has 0 saturated carbocycles. The molecule has 3 heterocycles. The van der Waals surface area contributed by atoms with Crippen molar-refractivity contribution in [3.63, 3.8) is 0 Å². The third kappa shape index (κ3) is 6.64. The van der Waals surface area contributed by atoms with Crippen LogP contribution in [0.4, 0.5) is 16.2 Å². The molecular weight excluding hydrogens is 482 g/mol. The van der Waals surface area contributed by atoms with Crippen LogP contribution in [-0.4, -0.2) is 85.7 Å². The zero-order chi connectivity index (χ0) is 27.4. The highest BCUT2D eigenvalue weighted by Crippen LogP contribution is 2.35. The number of aromatic nitrogens is 2. The van der Waals surface area contributed by atoms with Gasteiger partial charge in [0.2, 0.25) is 5.88 Å². The summed E-state index contributed by atoms with van der Waals surface area (Å²) in [6, 6.07) is 12.2. The van der Waals surface area contributed by atoms with E-state index in [9.17, 15) is 9.90 Å². The summed E-state index contributed by atoms with van der Waals surface area (Å²) in [6.45, 7) is 8.14. The summed E-state index contributed by atoms with van der Waals surface area (Å²) < 4.78 is 11.1. The van der Waals surface area contributed by atoms with Crippen molar-refractivity contribution in [3.8, 4) is 17.1 Å². The van der Waals surface area contributed by atoms with Crippen molar-refractivity contribution < 1.29 is 19.4 Å². The molecule has 1 unspecified atom stereocenters. The Bertz CT molecular complexity index is 1260. The van der Waals surface area contributed by atoms with E-state index in [1.54, 1.807) is 13.2 Å². The van der Waals surface area contributed by atoms with Gasteiger partial charge >= 0.3 is 6.09 Å². The van der Waals surface area contributed by atoms with E-state index in [-0.39, 0.29) is 18.6 Å². The van der Waals surface area contributed by atoms with Crippen LogP contribution in [0.5, 0.6) is 5.88 Å². The lowest BCUT2D eigenvalue weighted by molar-refractivity contribution is 0.0277. The maximum absolute atomic E-state index is 12.1. The van der Waals surface area contributed by atoms with Crippen molar-refractivity contribution in [2.45, 2.75) is 32.8 Å². The minimum Gasteiger partial charge on any atom is -0.476 e. The van der Waals surface area contributed by atoms with Crippen LogP contribution < -0.4 is 14.5 Å². The van der Waals surface area contributed by atoms with E-state index in [0.717, 1.165) is 53.0 Å². The van der Waals surface area contributed by atoms with Crippen LogP contribution in [-0.2, 0) is 4.74 Å². The van der Waals surface area contributed by atoms with Crippen molar-refractivity contribution in [2.24, 2.45) is 5.92 Å². The standard InChI is InChI=1S/C29H39N5O4/c1-29(2,3)38-28(36)33(6)13-14-37-27-10-7-21(17-30-27)24-16-26(34-12-11-20(18-34)19-35)23-9-8-22(32(4)5)15-25(23)31-24/h7-10,15-17,20,35H,11-14,18-19H2,1-6H3. The predicted molar refractivity (Wildman–Crippen MR) is 151 cm³/mol. The van der Waals surface area contributed by atoms with Gasteiger partial charge in [0.15, 0.2) is 0 Å². The fourth-order valence-electron chi connectivity index (χ4n) is 4.42. The van der Waals surface area contributed by atoms with E-state index in [1.807, 2.05) is 47.0 Å². The van der Waals surface area contributed by atoms with Crippen molar-refractivity contribution in [2.75, 3.05) is 63.8 Å². The fourth-order valence-corrected chi connectivity index (χ4v) is 4.42. The molecule has 204 valence electrons. The van der Waals surface area contributed by atoms with Crippen LogP contribution in [0.3, 0.4) is 0 Å². The monoisotopic (exact) mass is 521 g/mol. The maximum atomic E-state index is 12.1. The number of pyridine rings is 2. The number of anilines is 2. The number of carbonyl (C=O) groups is 1. The lowest BCUT2D eigenvalue weighted by Crippen LogP contribution is -2.36. The first-order valence-electron chi connectivity index (χ1n) is 13.1. The molecule has 4 rings (SSSR count). The highest BCUT2D eigenvalue weighted by atomic mass is 16.6. The zero-order valence-electron chi connectivity index (χ0n) is 23.3. The number of amides is 1. The molecule has 0 bridgehead atoms. The number of aliphatic hydroxyl groups excluding tert-OH is 1. The molecule has 1 atom stereocenters. The second kappa shape index (κ2) is 11.4. The normalized spacial score (nSPS) is 15.6. The van der Waals surface area contributed by atoms with Crippen LogP contribution in [0.2, 0.25) is 0 Å². The first-order valence-corrected chi connectivity index (χ1v) is 13.1. The van der Waals surface area contributed by atoms with E-state index < -0.39 is 5.60 Å². The fraction of sp³-hybridized carbons (Fsp3) is 0.483. The molecular formula is C29H39N5O4. The second-order valence-electron chi connectivity index (χ2n) is 11.0. The summed E-state index contributed by atoms with van der Waals surface area (Å²) in [4.78, 5) is 27.5. The molecule has 9 heteroatoms. The Morgan fingerprint density at radius 2 is 1.95 bits per heavy atom. The van der Waals surface area contributed by atoms with E-state index in [0.29, 0.717) is 19.0 Å². The molecule has 0 radical (unpaired) electrons. The summed E-state index contributed by atoms with van der Waals surface area (Å²) in [5.41, 5.74) is 4.31. The summed E-state index contributed by atoms with van der Waals surface area (Å²) in [5, 5.41) is 10.8. The van der Waals surface area contributed by atoms with Gasteiger partial charge in [-0.15, -0.1) is 0 Å². The Balaban J connectivity index is 1.52. The van der Waals surface area contributed by atoms with Crippen LogP contribution in [0.25, 0.3) is 22.2 Å². The lowest BCUT2D eigenvalue weighted by Gasteiger charge is -2.24. The zero-order valence-corrected chi connectivity index (χ0v) is 23.3. The minimum absolute atomic E-state index is 0.204. The van der Waals surface area contributed by atoms with Gasteiger partial charge in [0.1, 0.15) is 12.2 Å². The van der Waals surface area contributed by atoms with Gasteiger partial charge in [-0.3, -0.25) is 0 Å². The van der Waals surface area contributed by atoms with E-state index in [1.165, 1.54) is 4.90 Å². The Kier molecular flexibility index (Phi) is 8.26. The van der Waals surface area contributed by atoms with Crippen LogP contribution in [0.1, 0.15) is 27.2 Å². The Morgan fingerprint density at radius 3 is 2.58 bits per heavy atom. The number of nitrogens with zero attached hydrogens (tertiary/aromatic N) is 5. The third-order valence-electron chi connectivity index (χ3n) is 6.59. The quantitative estimate of drug-likeness (QED) is 0.466. The largest absolute Gasteiger partial charge is 0.476 e. The molecule has 1 amide bonds. The Hall–Kier alpha value is -3.59. The van der Waals surface area contributed by atoms with Crippen molar-refractivity contribution in [3.05, 3.63) is 42.6 Å². The number of benzene rings is 1. The lowest BCUT2D eigenvalue weighted by atomic mass is 10.1. The molecule has 1 saturated heterocycles. The van der Waals surface area contributed by atoms with Gasteiger partial charge in [-0.1, -0.05) is 0 Å². The predicted octanol–water partition coefficient (Wildman–Crippen LogP) is 4.43. The number of likely N-dealkylation sites (N-methyl/N-ethyl adjacent to an activating group) is 1. The first-order chi connectivity index (χ1) is 18.0. The summed E-state index contributed by atoms with van der Waals surface area (Å²) in [6.07, 6.45) is 2.35. The number of carbonyl (C=O) groups excluding carboxylic acids is 1. The van der Waals surface area contributed by atoms with E-state index in [2.05, 4.69) is 39.0 Å². The molecule has 38 heavy (non-hydrogen) atoms. The number of aliphatic hydroxyl groups is 1. The second-order valence-corrected chi connectivity index (χ2v) is 11.0. The molecule has 1 fully saturated rings. The number of rotatable bonds is 8. The van der Waals surface area contributed by atoms with Crippen molar-refractivity contribution in [1.29, 1.82) is 0 Å². The Morgan fingerprint density at radius 1 is 1.16 bits per heavy atom. The SMILES string of the molecule is CN(CCOc1ccc(-c2cc(N3CCC(CO)C3)c3ccc(N(C)C)cc3n2)cn1)C(=O)OC(C)(C)C. The van der Waals surface area contributed by atoms with E-state index >= 15 is 0 Å². The van der Waals surface area contributed by atoms with Crippen LogP contribution >= 0.6 is 0 Å². The highest BCUT2D eigenvalue weighted by molar-refractivity contribution is 5.96. The number of hydrogen-bond donors (Lipinski definition) is 1. The average Bonchev–Trinajstić information content (AvgIpc) is 3.36. The minimum atomic E-state index is -0.538. The van der Waals surface area contributed by atoms with Crippen LogP contribution in [0.15, 0.2) is 42.6 Å². The highest BCUT2D eigenvalue weighted by Gasteiger charge is 2.24. The van der Waals surface area contributed by atoms with Gasteiger partial charge in [0.25, 0.3) is 0 Å². The molecule has 3 aromatic rings. The first kappa shape index (κ1) is 27.4. The Labute approximate surface area is 225 Å². The molecule has 0 spiro atoms. The van der Waals surface area contributed by atoms with Gasteiger partial charge < -0.3 is 29.3 Å². The molecule has 1 aliphatic heterocycles. The molecule has 1 aromatic carbocycles. The summed E-state index contributed by atoms with van der Waals surface area (Å²) >= 11 is 0. The molecule has 9 nitrogen and oxygen atoms in total. The van der Waals surface area contributed by atoms with Gasteiger partial charge in [0.05, 0.1) is 17.8 Å². The summed E-state index contributed by atoms with van der Waals surface area (Å²) in [5.74, 6) is 0.766. The number of ether oxygens (including phenoxy) is 2. The molecule has 1 N–H and O–H groups in total. The smallest absolute Gasteiger partial charge is 0.410 e. The van der Waals surface area contributed by atoms with Gasteiger partial charge in [0, 0.05) is 81.3 Å². The van der Waals surface area contributed by atoms with Gasteiger partial charge in [-0.25, -0.2) is 14.8 Å². The van der Waals surface area contributed by atoms with Crippen molar-refractivity contribution in [1.82, 2.24) is 14.9 Å². The topological polar surface area (TPSA) is 91.3 Å². The molecule has 2 aromatic heterocycles. The average molecular weight is 522 g/mol. The van der Waals surface area contributed by atoms with Crippen LogP contribution in [0, 0.1) is 5.92 Å².